The zero-order valence-corrected chi connectivity index (χ0v) is 19.1. The van der Waals surface area contributed by atoms with Crippen LogP contribution in [0.2, 0.25) is 0 Å². The molecule has 0 unspecified atom stereocenters. The Kier molecular flexibility index (Phi) is 6.32. The van der Waals surface area contributed by atoms with Crippen LogP contribution in [0.25, 0.3) is 10.6 Å². The molecule has 0 aliphatic heterocycles. The lowest BCUT2D eigenvalue weighted by atomic mass is 9.90. The summed E-state index contributed by atoms with van der Waals surface area (Å²) in [4.78, 5) is 5.51. The second-order valence-corrected chi connectivity index (χ2v) is 10.7. The van der Waals surface area contributed by atoms with Crippen molar-refractivity contribution in [3.8, 4) is 10.6 Å². The Balaban J connectivity index is 1.80. The molecule has 3 rings (SSSR count). The maximum absolute atomic E-state index is 12.8. The molecule has 0 amide bonds. The summed E-state index contributed by atoms with van der Waals surface area (Å²) < 4.78 is 68.7. The van der Waals surface area contributed by atoms with E-state index in [-0.39, 0.29) is 11.5 Å². The Hall–Kier alpha value is -2.23. The average molecular weight is 470 g/mol. The standard InChI is InChI=1S/C22H22F3NO3S2/c1-14-5-11-18(12-6-14)31(27,28)29-13-21(3,4)19-15(2)30-20(26-19)16-7-9-17(10-8-16)22(23,24)25/h5-12H,13H2,1-4H3. The normalized spacial score (nSPS) is 12.9. The average Bonchev–Trinajstić information content (AvgIpc) is 3.09. The number of halogens is 3. The van der Waals surface area contributed by atoms with Crippen LogP contribution in [-0.4, -0.2) is 20.0 Å². The van der Waals surface area contributed by atoms with Crippen LogP contribution >= 0.6 is 11.3 Å². The fourth-order valence-corrected chi connectivity index (χ4v) is 5.17. The van der Waals surface area contributed by atoms with Crippen molar-refractivity contribution in [3.05, 3.63) is 70.2 Å². The summed E-state index contributed by atoms with van der Waals surface area (Å²) in [6.45, 7) is 7.21. The summed E-state index contributed by atoms with van der Waals surface area (Å²) in [5.74, 6) is 0. The number of rotatable bonds is 6. The van der Waals surface area contributed by atoms with E-state index in [1.54, 1.807) is 12.1 Å². The molecular weight excluding hydrogens is 447 g/mol. The van der Waals surface area contributed by atoms with Gasteiger partial charge in [0.1, 0.15) is 5.01 Å². The number of thiazole rings is 1. The fourth-order valence-electron chi connectivity index (χ4n) is 3.02. The molecule has 3 aromatic rings. The van der Waals surface area contributed by atoms with Crippen LogP contribution in [0, 0.1) is 13.8 Å². The first kappa shape index (κ1) is 23.4. The van der Waals surface area contributed by atoms with Crippen LogP contribution in [-0.2, 0) is 25.9 Å². The van der Waals surface area contributed by atoms with Gasteiger partial charge in [0.15, 0.2) is 0 Å². The van der Waals surface area contributed by atoms with Crippen molar-refractivity contribution in [2.45, 2.75) is 44.2 Å². The van der Waals surface area contributed by atoms with Crippen LogP contribution in [0.4, 0.5) is 13.2 Å². The van der Waals surface area contributed by atoms with E-state index < -0.39 is 27.3 Å². The molecular formula is C22H22F3NO3S2. The molecule has 0 spiro atoms. The Bertz CT molecular complexity index is 1160. The highest BCUT2D eigenvalue weighted by Gasteiger charge is 2.32. The largest absolute Gasteiger partial charge is 0.416 e. The molecule has 4 nitrogen and oxygen atoms in total. The van der Waals surface area contributed by atoms with Gasteiger partial charge in [0.05, 0.1) is 22.8 Å². The first-order chi connectivity index (χ1) is 14.3. The van der Waals surface area contributed by atoms with E-state index in [1.807, 2.05) is 27.7 Å². The Labute approximate surface area is 183 Å². The number of hydrogen-bond donors (Lipinski definition) is 0. The third-order valence-corrected chi connectivity index (χ3v) is 7.08. The Morgan fingerprint density at radius 3 is 2.10 bits per heavy atom. The smallest absolute Gasteiger partial charge is 0.265 e. The molecule has 166 valence electrons. The molecule has 0 aliphatic rings. The highest BCUT2D eigenvalue weighted by molar-refractivity contribution is 7.86. The van der Waals surface area contributed by atoms with Gasteiger partial charge in [0.25, 0.3) is 10.1 Å². The number of hydrogen-bond acceptors (Lipinski definition) is 5. The lowest BCUT2D eigenvalue weighted by molar-refractivity contribution is -0.137. The summed E-state index contributed by atoms with van der Waals surface area (Å²) in [5, 5.41) is 0.565. The summed E-state index contributed by atoms with van der Waals surface area (Å²) in [5.41, 5.74) is 0.693. The minimum absolute atomic E-state index is 0.0781. The number of aryl methyl sites for hydroxylation is 2. The van der Waals surface area contributed by atoms with E-state index in [4.69, 9.17) is 4.18 Å². The third-order valence-electron chi connectivity index (χ3n) is 4.78. The zero-order valence-electron chi connectivity index (χ0n) is 17.4. The van der Waals surface area contributed by atoms with E-state index in [1.165, 1.54) is 35.6 Å². The van der Waals surface area contributed by atoms with Crippen LogP contribution in [0.5, 0.6) is 0 Å². The molecule has 0 N–H and O–H groups in total. The molecule has 9 heteroatoms. The monoisotopic (exact) mass is 469 g/mol. The van der Waals surface area contributed by atoms with Crippen molar-refractivity contribution in [2.24, 2.45) is 0 Å². The van der Waals surface area contributed by atoms with Gasteiger partial charge in [-0.05, 0) is 38.1 Å². The van der Waals surface area contributed by atoms with E-state index in [0.29, 0.717) is 16.3 Å². The van der Waals surface area contributed by atoms with Gasteiger partial charge in [-0.3, -0.25) is 4.18 Å². The molecule has 2 aromatic carbocycles. The van der Waals surface area contributed by atoms with Crippen molar-refractivity contribution < 1.29 is 25.8 Å². The van der Waals surface area contributed by atoms with Gasteiger partial charge in [-0.15, -0.1) is 11.3 Å². The van der Waals surface area contributed by atoms with Gasteiger partial charge in [-0.25, -0.2) is 4.98 Å². The Morgan fingerprint density at radius 2 is 1.55 bits per heavy atom. The maximum Gasteiger partial charge on any atom is 0.416 e. The van der Waals surface area contributed by atoms with Gasteiger partial charge in [-0.2, -0.15) is 21.6 Å². The second-order valence-electron chi connectivity index (χ2n) is 7.91. The van der Waals surface area contributed by atoms with Crippen molar-refractivity contribution in [1.82, 2.24) is 4.98 Å². The first-order valence-corrected chi connectivity index (χ1v) is 11.6. The molecule has 1 aromatic heterocycles. The summed E-state index contributed by atoms with van der Waals surface area (Å²) in [6, 6.07) is 11.2. The minimum Gasteiger partial charge on any atom is -0.265 e. The molecule has 1 heterocycles. The fraction of sp³-hybridized carbons (Fsp3) is 0.318. The lowest BCUT2D eigenvalue weighted by Crippen LogP contribution is -2.27. The molecule has 0 atom stereocenters. The number of nitrogens with zero attached hydrogens (tertiary/aromatic N) is 1. The molecule has 0 saturated heterocycles. The van der Waals surface area contributed by atoms with Crippen LogP contribution in [0.1, 0.15) is 35.5 Å². The Morgan fingerprint density at radius 1 is 0.968 bits per heavy atom. The minimum atomic E-state index is -4.40. The highest BCUT2D eigenvalue weighted by Crippen LogP contribution is 2.36. The highest BCUT2D eigenvalue weighted by atomic mass is 32.2. The molecule has 0 aliphatic carbocycles. The molecule has 0 saturated carbocycles. The van der Waals surface area contributed by atoms with E-state index in [9.17, 15) is 21.6 Å². The third kappa shape index (κ3) is 5.34. The molecule has 0 bridgehead atoms. The number of aromatic nitrogens is 1. The van der Waals surface area contributed by atoms with Gasteiger partial charge >= 0.3 is 6.18 Å². The van der Waals surface area contributed by atoms with Crippen molar-refractivity contribution in [2.75, 3.05) is 6.61 Å². The second kappa shape index (κ2) is 8.37. The predicted octanol–water partition coefficient (Wildman–Crippen LogP) is 6.13. The predicted molar refractivity (Wildman–Crippen MR) is 115 cm³/mol. The molecule has 0 radical (unpaired) electrons. The van der Waals surface area contributed by atoms with Gasteiger partial charge in [0.2, 0.25) is 0 Å². The van der Waals surface area contributed by atoms with Crippen LogP contribution in [0.15, 0.2) is 53.4 Å². The molecule has 31 heavy (non-hydrogen) atoms. The quantitative estimate of drug-likeness (QED) is 0.408. The maximum atomic E-state index is 12.8. The van der Waals surface area contributed by atoms with Gasteiger partial charge < -0.3 is 0 Å². The zero-order chi connectivity index (χ0) is 23.0. The number of alkyl halides is 3. The topological polar surface area (TPSA) is 56.3 Å². The van der Waals surface area contributed by atoms with Gasteiger partial charge in [-0.1, -0.05) is 43.7 Å². The van der Waals surface area contributed by atoms with Crippen molar-refractivity contribution in [3.63, 3.8) is 0 Å². The summed E-state index contributed by atoms with van der Waals surface area (Å²) in [6.07, 6.45) is -4.40. The van der Waals surface area contributed by atoms with E-state index in [0.717, 1.165) is 22.6 Å². The van der Waals surface area contributed by atoms with Crippen LogP contribution < -0.4 is 0 Å². The van der Waals surface area contributed by atoms with Crippen LogP contribution in [0.3, 0.4) is 0 Å². The van der Waals surface area contributed by atoms with Crippen molar-refractivity contribution in [1.29, 1.82) is 0 Å². The van der Waals surface area contributed by atoms with Crippen molar-refractivity contribution >= 4 is 21.5 Å². The van der Waals surface area contributed by atoms with E-state index in [2.05, 4.69) is 4.98 Å². The summed E-state index contributed by atoms with van der Waals surface area (Å²) >= 11 is 1.34. The SMILES string of the molecule is Cc1ccc(S(=O)(=O)OCC(C)(C)c2nc(-c3ccc(C(F)(F)F)cc3)sc2C)cc1. The summed E-state index contributed by atoms with van der Waals surface area (Å²) in [7, 11) is -3.93. The number of benzene rings is 2. The van der Waals surface area contributed by atoms with E-state index >= 15 is 0 Å². The molecule has 0 fully saturated rings. The van der Waals surface area contributed by atoms with Gasteiger partial charge in [0, 0.05) is 15.9 Å². The lowest BCUT2D eigenvalue weighted by Gasteiger charge is -2.23. The first-order valence-electron chi connectivity index (χ1n) is 9.41.